The van der Waals surface area contributed by atoms with Crippen molar-refractivity contribution >= 4 is 19.5 Å². The van der Waals surface area contributed by atoms with Crippen LogP contribution >= 0.6 is 7.82 Å². The molecule has 3 heterocycles. The number of carbonyl (C=O) groups excluding carboxylic acids is 2. The number of ether oxygens (including phenoxy) is 1. The number of ketones is 1. The van der Waals surface area contributed by atoms with Crippen LogP contribution in [0, 0.1) is 6.92 Å². The van der Waals surface area contributed by atoms with Crippen LogP contribution in [-0.4, -0.2) is 41.6 Å². The number of phosphoric acid groups is 1. The van der Waals surface area contributed by atoms with E-state index in [1.807, 2.05) is 31.2 Å². The third-order valence-corrected chi connectivity index (χ3v) is 6.35. The van der Waals surface area contributed by atoms with E-state index in [9.17, 15) is 18.5 Å². The van der Waals surface area contributed by atoms with Gasteiger partial charge in [-0.15, -0.1) is 0 Å². The molecule has 0 aromatic heterocycles. The highest BCUT2D eigenvalue weighted by molar-refractivity contribution is 7.48. The molecule has 3 aliphatic rings. The van der Waals surface area contributed by atoms with Gasteiger partial charge in [-0.1, -0.05) is 24.3 Å². The van der Waals surface area contributed by atoms with Crippen molar-refractivity contribution in [2.75, 3.05) is 6.61 Å². The van der Waals surface area contributed by atoms with Crippen molar-refractivity contribution in [2.24, 2.45) is 0 Å². The Balaban J connectivity index is 1.40. The lowest BCUT2D eigenvalue weighted by Gasteiger charge is -2.30. The summed E-state index contributed by atoms with van der Waals surface area (Å²) < 4.78 is 48.3. The highest BCUT2D eigenvalue weighted by Crippen LogP contribution is 2.56. The first-order valence-electron chi connectivity index (χ1n) is 8.84. The van der Waals surface area contributed by atoms with Crippen LogP contribution in [0.4, 0.5) is 4.39 Å². The monoisotopic (exact) mass is 411 g/mol. The average molecular weight is 411 g/mol. The van der Waals surface area contributed by atoms with E-state index in [0.717, 1.165) is 22.2 Å². The highest BCUT2D eigenvalue weighted by atomic mass is 31.2. The minimum atomic E-state index is -3.80. The third kappa shape index (κ3) is 3.81. The van der Waals surface area contributed by atoms with Crippen molar-refractivity contribution in [2.45, 2.75) is 44.8 Å². The summed E-state index contributed by atoms with van der Waals surface area (Å²) in [7, 11) is -3.80. The standard InChI is InChI=1S/C18H19FNO7P/c1-11-4-2-3-5-12(11)9-24-28(23)25-10-16-15(27-28)7-18(26-16)20-8-13(19)14(21)6-17(20)22/h2-5,8,15-16,18H,6-7,9-10H2,1H3/t15-,16+,18+,28-/m0/s1. The number of hydrogen-bond donors (Lipinski definition) is 0. The van der Waals surface area contributed by atoms with Gasteiger partial charge in [-0.2, -0.15) is 0 Å². The van der Waals surface area contributed by atoms with E-state index >= 15 is 0 Å². The van der Waals surface area contributed by atoms with Crippen LogP contribution in [0.2, 0.25) is 0 Å². The first kappa shape index (κ1) is 19.4. The normalized spacial score (nSPS) is 33.0. The van der Waals surface area contributed by atoms with Crippen LogP contribution in [0.25, 0.3) is 0 Å². The summed E-state index contributed by atoms with van der Waals surface area (Å²) in [6, 6.07) is 7.51. The highest BCUT2D eigenvalue weighted by Gasteiger charge is 2.49. The Labute approximate surface area is 160 Å². The molecular weight excluding hydrogens is 392 g/mol. The minimum Gasteiger partial charge on any atom is -0.349 e. The second-order valence-electron chi connectivity index (χ2n) is 6.83. The van der Waals surface area contributed by atoms with Crippen LogP contribution in [0.5, 0.6) is 0 Å². The lowest BCUT2D eigenvalue weighted by atomic mass is 10.1. The molecule has 0 aliphatic carbocycles. The molecule has 4 rings (SSSR count). The molecule has 8 nitrogen and oxygen atoms in total. The van der Waals surface area contributed by atoms with Crippen LogP contribution in [0.1, 0.15) is 24.0 Å². The van der Waals surface area contributed by atoms with Crippen molar-refractivity contribution in [3.05, 3.63) is 47.4 Å². The first-order chi connectivity index (χ1) is 13.3. The summed E-state index contributed by atoms with van der Waals surface area (Å²) in [5.74, 6) is -2.41. The van der Waals surface area contributed by atoms with Gasteiger partial charge in [-0.05, 0) is 18.1 Å². The third-order valence-electron chi connectivity index (χ3n) is 4.91. The zero-order valence-electron chi connectivity index (χ0n) is 15.1. The Hall–Kier alpha value is -1.90. The smallest absolute Gasteiger partial charge is 0.349 e. The van der Waals surface area contributed by atoms with Gasteiger partial charge in [0.25, 0.3) is 0 Å². The molecule has 4 atom stereocenters. The summed E-state index contributed by atoms with van der Waals surface area (Å²) in [4.78, 5) is 24.3. The molecule has 2 saturated heterocycles. The largest absolute Gasteiger partial charge is 0.475 e. The fraction of sp³-hybridized carbons (Fsp3) is 0.444. The van der Waals surface area contributed by atoms with Gasteiger partial charge in [0.1, 0.15) is 18.4 Å². The number of allylic oxidation sites excluding steroid dienone is 1. The van der Waals surface area contributed by atoms with Crippen molar-refractivity contribution in [1.29, 1.82) is 0 Å². The molecule has 3 aliphatic heterocycles. The van der Waals surface area contributed by atoms with Crippen LogP contribution in [0.3, 0.4) is 0 Å². The van der Waals surface area contributed by atoms with Gasteiger partial charge in [-0.3, -0.25) is 28.1 Å². The Morgan fingerprint density at radius 3 is 2.86 bits per heavy atom. The lowest BCUT2D eigenvalue weighted by molar-refractivity contribution is -0.146. The van der Waals surface area contributed by atoms with Crippen molar-refractivity contribution in [1.82, 2.24) is 4.90 Å². The molecule has 0 unspecified atom stereocenters. The number of Topliss-reactive ketones (excluding diaryl/α,β-unsaturated/α-hetero) is 1. The lowest BCUT2D eigenvalue weighted by Crippen LogP contribution is -2.40. The summed E-state index contributed by atoms with van der Waals surface area (Å²) in [6.07, 6.45) is -1.58. The van der Waals surface area contributed by atoms with Gasteiger partial charge in [0, 0.05) is 12.6 Å². The maximum Gasteiger partial charge on any atom is 0.475 e. The fourth-order valence-corrected chi connectivity index (χ4v) is 4.68. The van der Waals surface area contributed by atoms with Gasteiger partial charge in [-0.25, -0.2) is 8.96 Å². The number of hydrogen-bond acceptors (Lipinski definition) is 7. The number of halogens is 1. The first-order valence-corrected chi connectivity index (χ1v) is 10.3. The van der Waals surface area contributed by atoms with E-state index in [1.165, 1.54) is 0 Å². The molecule has 28 heavy (non-hydrogen) atoms. The number of aryl methyl sites for hydroxylation is 1. The van der Waals surface area contributed by atoms with Gasteiger partial charge in [0.15, 0.2) is 5.83 Å². The minimum absolute atomic E-state index is 0.0423. The fourth-order valence-electron chi connectivity index (χ4n) is 3.30. The predicted octanol–water partition coefficient (Wildman–Crippen LogP) is 2.76. The summed E-state index contributed by atoms with van der Waals surface area (Å²) >= 11 is 0. The van der Waals surface area contributed by atoms with Crippen LogP contribution in [0.15, 0.2) is 36.3 Å². The van der Waals surface area contributed by atoms with E-state index in [1.54, 1.807) is 0 Å². The van der Waals surface area contributed by atoms with E-state index in [4.69, 9.17) is 18.3 Å². The number of benzene rings is 1. The maximum absolute atomic E-state index is 13.6. The Morgan fingerprint density at radius 2 is 2.07 bits per heavy atom. The number of carbonyl (C=O) groups is 2. The zero-order valence-corrected chi connectivity index (χ0v) is 16.0. The topological polar surface area (TPSA) is 91.4 Å². The van der Waals surface area contributed by atoms with Crippen molar-refractivity contribution < 1.29 is 36.9 Å². The number of nitrogens with zero attached hydrogens (tertiary/aromatic N) is 1. The Bertz CT molecular complexity index is 888. The second-order valence-corrected chi connectivity index (χ2v) is 8.45. The molecule has 1 aromatic rings. The Morgan fingerprint density at radius 1 is 1.29 bits per heavy atom. The summed E-state index contributed by atoms with van der Waals surface area (Å²) in [5, 5.41) is 0. The molecule has 2 fully saturated rings. The van der Waals surface area contributed by atoms with Crippen LogP contribution in [-0.2, 0) is 39.1 Å². The van der Waals surface area contributed by atoms with Gasteiger partial charge in [0.05, 0.1) is 19.6 Å². The quantitative estimate of drug-likeness (QED) is 0.556. The molecule has 1 aromatic carbocycles. The maximum atomic E-state index is 13.6. The SMILES string of the molecule is Cc1ccccc1CO[P@@]1(=O)OC[C@H]2O[C@@H](N3C=C(F)C(=O)CC3=O)C[C@@H]2O1. The molecule has 0 saturated carbocycles. The van der Waals surface area contributed by atoms with Gasteiger partial charge < -0.3 is 4.74 Å². The van der Waals surface area contributed by atoms with Gasteiger partial charge >= 0.3 is 7.82 Å². The molecule has 0 N–H and O–H groups in total. The predicted molar refractivity (Wildman–Crippen MR) is 93.3 cm³/mol. The van der Waals surface area contributed by atoms with E-state index in [-0.39, 0.29) is 19.6 Å². The number of fused-ring (bicyclic) bond motifs is 1. The molecule has 1 amide bonds. The van der Waals surface area contributed by atoms with Crippen LogP contribution < -0.4 is 0 Å². The summed E-state index contributed by atoms with van der Waals surface area (Å²) in [5.41, 5.74) is 1.84. The van der Waals surface area contributed by atoms with E-state index < -0.39 is 50.2 Å². The number of phosphoric ester groups is 1. The number of rotatable bonds is 4. The average Bonchev–Trinajstić information content (AvgIpc) is 3.06. The molecule has 10 heteroatoms. The zero-order chi connectivity index (χ0) is 19.9. The number of amides is 1. The molecular formula is C18H19FNO7P. The Kier molecular flexibility index (Phi) is 5.20. The molecule has 150 valence electrons. The molecule has 0 spiro atoms. The molecule has 0 bridgehead atoms. The second kappa shape index (κ2) is 7.50. The van der Waals surface area contributed by atoms with E-state index in [2.05, 4.69) is 0 Å². The van der Waals surface area contributed by atoms with Crippen molar-refractivity contribution in [3.63, 3.8) is 0 Å². The van der Waals surface area contributed by atoms with Crippen molar-refractivity contribution in [3.8, 4) is 0 Å². The van der Waals surface area contributed by atoms with Gasteiger partial charge in [0.2, 0.25) is 11.7 Å². The van der Waals surface area contributed by atoms with E-state index in [0.29, 0.717) is 0 Å². The molecule has 0 radical (unpaired) electrons. The summed E-state index contributed by atoms with van der Waals surface area (Å²) in [6.45, 7) is 1.93.